The summed E-state index contributed by atoms with van der Waals surface area (Å²) in [6.07, 6.45) is 4.28. The Bertz CT molecular complexity index is 744. The highest BCUT2D eigenvalue weighted by molar-refractivity contribution is 6.33. The Morgan fingerprint density at radius 2 is 1.96 bits per heavy atom. The molecule has 0 fully saturated rings. The van der Waals surface area contributed by atoms with Crippen molar-refractivity contribution in [1.82, 2.24) is 4.98 Å². The van der Waals surface area contributed by atoms with Gasteiger partial charge in [0.05, 0.1) is 5.02 Å². The number of aromatic nitrogens is 1. The molecule has 1 aliphatic rings. The van der Waals surface area contributed by atoms with Crippen molar-refractivity contribution in [3.8, 4) is 0 Å². The van der Waals surface area contributed by atoms with E-state index in [1.807, 2.05) is 12.1 Å². The third kappa shape index (κ3) is 3.84. The molecular formula is C17H15Cl2N3O. The van der Waals surface area contributed by atoms with Crippen LogP contribution < -0.4 is 10.2 Å². The lowest BCUT2D eigenvalue weighted by Gasteiger charge is -2.27. The molecule has 23 heavy (non-hydrogen) atoms. The summed E-state index contributed by atoms with van der Waals surface area (Å²) in [6.45, 7) is 1.32. The van der Waals surface area contributed by atoms with Crippen LogP contribution in [0.15, 0.2) is 54.2 Å². The molecular weight excluding hydrogens is 333 g/mol. The van der Waals surface area contributed by atoms with Gasteiger partial charge >= 0.3 is 0 Å². The van der Waals surface area contributed by atoms with Crippen molar-refractivity contribution in [3.63, 3.8) is 0 Å². The van der Waals surface area contributed by atoms with Crippen LogP contribution in [-0.4, -0.2) is 24.0 Å². The lowest BCUT2D eigenvalue weighted by molar-refractivity contribution is -0.113. The summed E-state index contributed by atoms with van der Waals surface area (Å²) in [5, 5.41) is 4.14. The first-order valence-corrected chi connectivity index (χ1v) is 8.00. The summed E-state index contributed by atoms with van der Waals surface area (Å²) >= 11 is 12.0. The summed E-state index contributed by atoms with van der Waals surface area (Å²) in [6, 6.07) is 10.7. The minimum absolute atomic E-state index is 0.0842. The lowest BCUT2D eigenvalue weighted by Crippen LogP contribution is -2.32. The monoisotopic (exact) mass is 347 g/mol. The Morgan fingerprint density at radius 1 is 1.17 bits per heavy atom. The Hall–Kier alpha value is -2.04. The number of anilines is 2. The minimum Gasteiger partial charge on any atom is -0.351 e. The Morgan fingerprint density at radius 3 is 2.61 bits per heavy atom. The number of nitrogens with one attached hydrogen (secondary N) is 1. The summed E-state index contributed by atoms with van der Waals surface area (Å²) in [7, 11) is 0. The van der Waals surface area contributed by atoms with Gasteiger partial charge in [-0.1, -0.05) is 29.3 Å². The molecule has 1 aromatic heterocycles. The molecule has 0 bridgehead atoms. The maximum Gasteiger partial charge on any atom is 0.251 e. The molecule has 3 rings (SSSR count). The molecule has 1 amide bonds. The van der Waals surface area contributed by atoms with Gasteiger partial charge in [-0.2, -0.15) is 0 Å². The van der Waals surface area contributed by atoms with Gasteiger partial charge in [-0.15, -0.1) is 0 Å². The van der Waals surface area contributed by atoms with Crippen LogP contribution in [0.4, 0.5) is 11.5 Å². The van der Waals surface area contributed by atoms with E-state index in [0.717, 1.165) is 17.1 Å². The highest BCUT2D eigenvalue weighted by Crippen LogP contribution is 2.25. The number of hydrogen-bond acceptors (Lipinski definition) is 3. The quantitative estimate of drug-likeness (QED) is 0.906. The zero-order valence-electron chi connectivity index (χ0n) is 12.3. The first kappa shape index (κ1) is 15.8. The van der Waals surface area contributed by atoms with E-state index in [2.05, 4.69) is 15.2 Å². The molecule has 6 heteroatoms. The van der Waals surface area contributed by atoms with Crippen LogP contribution >= 0.6 is 23.2 Å². The molecule has 0 unspecified atom stereocenters. The smallest absolute Gasteiger partial charge is 0.251 e. The fourth-order valence-corrected chi connectivity index (χ4v) is 2.79. The molecule has 0 aliphatic carbocycles. The van der Waals surface area contributed by atoms with Gasteiger partial charge in [0.2, 0.25) is 0 Å². The SMILES string of the molecule is O=C(Nc1ccc(Cl)cc1)C1=CCN(c2ncccc2Cl)CC1. The maximum absolute atomic E-state index is 12.3. The van der Waals surface area contributed by atoms with Gasteiger partial charge < -0.3 is 10.2 Å². The van der Waals surface area contributed by atoms with Gasteiger partial charge in [0.25, 0.3) is 5.91 Å². The van der Waals surface area contributed by atoms with Crippen molar-refractivity contribution in [2.75, 3.05) is 23.3 Å². The molecule has 1 aliphatic heterocycles. The van der Waals surface area contributed by atoms with E-state index in [1.54, 1.807) is 36.5 Å². The zero-order chi connectivity index (χ0) is 16.2. The van der Waals surface area contributed by atoms with E-state index >= 15 is 0 Å². The molecule has 0 saturated heterocycles. The van der Waals surface area contributed by atoms with Gasteiger partial charge in [0, 0.05) is 35.6 Å². The number of nitrogens with zero attached hydrogens (tertiary/aromatic N) is 2. The second-order valence-corrected chi connectivity index (χ2v) is 6.04. The van der Waals surface area contributed by atoms with Crippen LogP contribution in [-0.2, 0) is 4.79 Å². The fourth-order valence-electron chi connectivity index (χ4n) is 2.42. The number of carbonyl (C=O) groups excluding carboxylic acids is 1. The molecule has 1 N–H and O–H groups in total. The van der Waals surface area contributed by atoms with Crippen LogP contribution in [0.1, 0.15) is 6.42 Å². The summed E-state index contributed by atoms with van der Waals surface area (Å²) in [5.41, 5.74) is 1.50. The second kappa shape index (κ2) is 7.02. The highest BCUT2D eigenvalue weighted by atomic mass is 35.5. The van der Waals surface area contributed by atoms with Crippen LogP contribution in [0.2, 0.25) is 10.0 Å². The van der Waals surface area contributed by atoms with E-state index in [0.29, 0.717) is 29.6 Å². The van der Waals surface area contributed by atoms with Gasteiger partial charge in [0.1, 0.15) is 5.82 Å². The number of rotatable bonds is 3. The van der Waals surface area contributed by atoms with Crippen molar-refractivity contribution in [2.24, 2.45) is 0 Å². The van der Waals surface area contributed by atoms with Crippen LogP contribution in [0.3, 0.4) is 0 Å². The van der Waals surface area contributed by atoms with Crippen molar-refractivity contribution < 1.29 is 4.79 Å². The normalized spacial score (nSPS) is 14.3. The Kier molecular flexibility index (Phi) is 4.84. The van der Waals surface area contributed by atoms with Gasteiger partial charge in [-0.3, -0.25) is 4.79 Å². The third-order valence-corrected chi connectivity index (χ3v) is 4.19. The average molecular weight is 348 g/mol. The predicted molar refractivity (Wildman–Crippen MR) is 94.2 cm³/mol. The largest absolute Gasteiger partial charge is 0.351 e. The van der Waals surface area contributed by atoms with Gasteiger partial charge in [0.15, 0.2) is 0 Å². The Labute approximate surface area is 144 Å². The zero-order valence-corrected chi connectivity index (χ0v) is 13.8. The van der Waals surface area contributed by atoms with Gasteiger partial charge in [-0.25, -0.2) is 4.98 Å². The molecule has 2 aromatic rings. The molecule has 118 valence electrons. The van der Waals surface area contributed by atoms with Crippen LogP contribution in [0, 0.1) is 0 Å². The van der Waals surface area contributed by atoms with Crippen molar-refractivity contribution >= 4 is 40.6 Å². The Balaban J connectivity index is 1.65. The molecule has 2 heterocycles. The highest BCUT2D eigenvalue weighted by Gasteiger charge is 2.19. The number of benzene rings is 1. The number of halogens is 2. The average Bonchev–Trinajstić information content (AvgIpc) is 2.57. The summed E-state index contributed by atoms with van der Waals surface area (Å²) in [5.74, 6) is 0.668. The van der Waals surface area contributed by atoms with Crippen molar-refractivity contribution in [2.45, 2.75) is 6.42 Å². The topological polar surface area (TPSA) is 45.2 Å². The van der Waals surface area contributed by atoms with E-state index in [-0.39, 0.29) is 5.91 Å². The molecule has 0 saturated carbocycles. The molecule has 4 nitrogen and oxygen atoms in total. The number of amides is 1. The van der Waals surface area contributed by atoms with Crippen molar-refractivity contribution in [3.05, 3.63) is 64.3 Å². The molecule has 0 spiro atoms. The van der Waals surface area contributed by atoms with Crippen LogP contribution in [0.5, 0.6) is 0 Å². The number of carbonyl (C=O) groups is 1. The van der Waals surface area contributed by atoms with E-state index in [1.165, 1.54) is 0 Å². The predicted octanol–water partition coefficient (Wildman–Crippen LogP) is 4.16. The van der Waals surface area contributed by atoms with E-state index in [4.69, 9.17) is 23.2 Å². The number of pyridine rings is 1. The van der Waals surface area contributed by atoms with Crippen LogP contribution in [0.25, 0.3) is 0 Å². The maximum atomic E-state index is 12.3. The molecule has 1 aromatic carbocycles. The lowest BCUT2D eigenvalue weighted by atomic mass is 10.1. The first-order valence-electron chi connectivity index (χ1n) is 7.25. The second-order valence-electron chi connectivity index (χ2n) is 5.20. The fraction of sp³-hybridized carbons (Fsp3) is 0.176. The van der Waals surface area contributed by atoms with E-state index < -0.39 is 0 Å². The standard InChI is InChI=1S/C17H15Cl2N3O/c18-13-3-5-14(6-4-13)21-17(23)12-7-10-22(11-8-12)16-15(19)2-1-9-20-16/h1-7,9H,8,10-11H2,(H,21,23). The summed E-state index contributed by atoms with van der Waals surface area (Å²) in [4.78, 5) is 18.6. The summed E-state index contributed by atoms with van der Waals surface area (Å²) < 4.78 is 0. The van der Waals surface area contributed by atoms with E-state index in [9.17, 15) is 4.79 Å². The third-order valence-electron chi connectivity index (χ3n) is 3.64. The van der Waals surface area contributed by atoms with Crippen molar-refractivity contribution in [1.29, 1.82) is 0 Å². The van der Waals surface area contributed by atoms with Gasteiger partial charge in [-0.05, 0) is 42.8 Å². The minimum atomic E-state index is -0.0842. The number of hydrogen-bond donors (Lipinski definition) is 1. The molecule has 0 radical (unpaired) electrons. The molecule has 0 atom stereocenters. The first-order chi connectivity index (χ1) is 11.1.